The van der Waals surface area contributed by atoms with Crippen LogP contribution in [0.25, 0.3) is 0 Å². The second-order valence-electron chi connectivity index (χ2n) is 6.13. The molecular weight excluding hydrogens is 394 g/mol. The summed E-state index contributed by atoms with van der Waals surface area (Å²) in [5.41, 5.74) is 0.574. The molecule has 0 amide bonds. The Morgan fingerprint density at radius 1 is 1.17 bits per heavy atom. The van der Waals surface area contributed by atoms with Crippen LogP contribution in [0.15, 0.2) is 59.5 Å². The maximum atomic E-state index is 12.5. The van der Waals surface area contributed by atoms with Gasteiger partial charge in [0.1, 0.15) is 5.92 Å². The number of ether oxygens (including phenoxy) is 1. The Balaban J connectivity index is 2.06. The number of rotatable bonds is 9. The Morgan fingerprint density at radius 2 is 1.86 bits per heavy atom. The lowest BCUT2D eigenvalue weighted by atomic mass is 10.0. The van der Waals surface area contributed by atoms with Crippen molar-refractivity contribution < 1.29 is 22.7 Å². The number of hydrogen-bond donors (Lipinski definition) is 2. The Bertz CT molecular complexity index is 1060. The number of Topliss-reactive ketones (excluding diaryl/α,β-unsaturated/α-hetero) is 1. The molecule has 0 fully saturated rings. The van der Waals surface area contributed by atoms with Crippen molar-refractivity contribution in [2.75, 3.05) is 6.61 Å². The van der Waals surface area contributed by atoms with Gasteiger partial charge in [-0.25, -0.2) is 17.9 Å². The summed E-state index contributed by atoms with van der Waals surface area (Å²) < 4.78 is 32.3. The molecule has 0 aliphatic rings. The molecule has 0 saturated heterocycles. The summed E-state index contributed by atoms with van der Waals surface area (Å²) in [6.07, 6.45) is 0. The van der Waals surface area contributed by atoms with E-state index in [9.17, 15) is 18.0 Å². The van der Waals surface area contributed by atoms with Gasteiger partial charge in [-0.3, -0.25) is 4.79 Å². The van der Waals surface area contributed by atoms with Crippen LogP contribution in [0.1, 0.15) is 22.8 Å². The summed E-state index contributed by atoms with van der Waals surface area (Å²) >= 11 is 0. The van der Waals surface area contributed by atoms with Crippen LogP contribution in [0.4, 0.5) is 0 Å². The molecule has 0 aliphatic carbocycles. The molecule has 2 N–H and O–H groups in total. The van der Waals surface area contributed by atoms with Crippen LogP contribution in [0, 0.1) is 22.7 Å². The zero-order valence-corrected chi connectivity index (χ0v) is 16.4. The topological polar surface area (TPSA) is 137 Å². The van der Waals surface area contributed by atoms with Gasteiger partial charge in [0.05, 0.1) is 16.5 Å². The molecule has 0 aliphatic heterocycles. The Kier molecular flexibility index (Phi) is 7.36. The quantitative estimate of drug-likeness (QED) is 0.477. The molecule has 29 heavy (non-hydrogen) atoms. The highest BCUT2D eigenvalue weighted by Crippen LogP contribution is 2.14. The molecule has 8 nitrogen and oxygen atoms in total. The Labute approximate surface area is 168 Å². The number of carbonyl (C=O) groups is 2. The van der Waals surface area contributed by atoms with Crippen molar-refractivity contribution in [1.82, 2.24) is 4.72 Å². The van der Waals surface area contributed by atoms with Crippen LogP contribution in [0.2, 0.25) is 0 Å². The molecule has 0 spiro atoms. The molecule has 0 radical (unpaired) electrons. The van der Waals surface area contributed by atoms with Gasteiger partial charge in [-0.1, -0.05) is 36.4 Å². The lowest BCUT2D eigenvalue weighted by Crippen LogP contribution is -2.26. The third kappa shape index (κ3) is 6.07. The number of nitriles is 1. The highest BCUT2D eigenvalue weighted by molar-refractivity contribution is 7.89. The fourth-order valence-corrected chi connectivity index (χ4v) is 3.42. The first kappa shape index (κ1) is 21.9. The second-order valence-corrected chi connectivity index (χ2v) is 7.89. The van der Waals surface area contributed by atoms with Gasteiger partial charge in [-0.05, 0) is 30.7 Å². The predicted octanol–water partition coefficient (Wildman–Crippen LogP) is 2.07. The first-order valence-corrected chi connectivity index (χ1v) is 10.0. The summed E-state index contributed by atoms with van der Waals surface area (Å²) in [7, 11) is -3.87. The SMILES string of the molecule is CC(=N)C(C#N)C(=O)COC(=O)c1cccc(S(=O)(=O)NCc2ccccc2)c1. The molecular formula is C20H19N3O5S. The number of nitrogens with zero attached hydrogens (tertiary/aromatic N) is 1. The van der Waals surface area contributed by atoms with Gasteiger partial charge >= 0.3 is 5.97 Å². The summed E-state index contributed by atoms with van der Waals surface area (Å²) in [4.78, 5) is 23.9. The number of benzene rings is 2. The average Bonchev–Trinajstić information content (AvgIpc) is 2.71. The van der Waals surface area contributed by atoms with Crippen LogP contribution < -0.4 is 4.72 Å². The summed E-state index contributed by atoms with van der Waals surface area (Å²) in [5, 5.41) is 16.3. The predicted molar refractivity (Wildman–Crippen MR) is 105 cm³/mol. The van der Waals surface area contributed by atoms with E-state index in [4.69, 9.17) is 15.4 Å². The minimum absolute atomic E-state index is 0.0551. The van der Waals surface area contributed by atoms with Crippen molar-refractivity contribution in [1.29, 1.82) is 10.7 Å². The van der Waals surface area contributed by atoms with Gasteiger partial charge in [0.15, 0.2) is 12.4 Å². The molecule has 0 heterocycles. The maximum absolute atomic E-state index is 12.5. The van der Waals surface area contributed by atoms with Crippen LogP contribution >= 0.6 is 0 Å². The molecule has 2 rings (SSSR count). The lowest BCUT2D eigenvalue weighted by molar-refractivity contribution is -0.122. The van der Waals surface area contributed by atoms with Crippen LogP contribution in [-0.2, 0) is 26.1 Å². The van der Waals surface area contributed by atoms with E-state index in [0.717, 1.165) is 11.6 Å². The second kappa shape index (κ2) is 9.73. The van der Waals surface area contributed by atoms with E-state index in [2.05, 4.69) is 4.72 Å². The smallest absolute Gasteiger partial charge is 0.338 e. The summed E-state index contributed by atoms with van der Waals surface area (Å²) in [5.74, 6) is -2.91. The third-order valence-electron chi connectivity index (χ3n) is 3.92. The zero-order valence-electron chi connectivity index (χ0n) is 15.6. The van der Waals surface area contributed by atoms with Crippen molar-refractivity contribution in [3.63, 3.8) is 0 Å². The molecule has 9 heteroatoms. The van der Waals surface area contributed by atoms with Gasteiger partial charge in [0, 0.05) is 12.3 Å². The van der Waals surface area contributed by atoms with E-state index in [1.807, 2.05) is 6.07 Å². The molecule has 2 aromatic rings. The molecule has 2 aromatic carbocycles. The van der Waals surface area contributed by atoms with Crippen molar-refractivity contribution in [3.8, 4) is 6.07 Å². The van der Waals surface area contributed by atoms with Gasteiger partial charge in [-0.2, -0.15) is 5.26 Å². The van der Waals surface area contributed by atoms with Crippen LogP contribution in [-0.4, -0.2) is 32.5 Å². The highest BCUT2D eigenvalue weighted by Gasteiger charge is 2.22. The highest BCUT2D eigenvalue weighted by atomic mass is 32.2. The van der Waals surface area contributed by atoms with Crippen LogP contribution in [0.5, 0.6) is 0 Å². The van der Waals surface area contributed by atoms with Gasteiger partial charge < -0.3 is 10.1 Å². The van der Waals surface area contributed by atoms with E-state index in [-0.39, 0.29) is 22.7 Å². The Morgan fingerprint density at radius 3 is 2.48 bits per heavy atom. The fourth-order valence-electron chi connectivity index (χ4n) is 2.36. The summed E-state index contributed by atoms with van der Waals surface area (Å²) in [6, 6.07) is 15.8. The number of carbonyl (C=O) groups excluding carboxylic acids is 2. The average molecular weight is 413 g/mol. The summed E-state index contributed by atoms with van der Waals surface area (Å²) in [6.45, 7) is 0.714. The third-order valence-corrected chi connectivity index (χ3v) is 5.32. The van der Waals surface area contributed by atoms with Gasteiger partial charge in [-0.15, -0.1) is 0 Å². The molecule has 0 saturated carbocycles. The largest absolute Gasteiger partial charge is 0.454 e. The van der Waals surface area contributed by atoms with E-state index >= 15 is 0 Å². The molecule has 0 bridgehead atoms. The van der Waals surface area contributed by atoms with Crippen molar-refractivity contribution in [3.05, 3.63) is 65.7 Å². The molecule has 0 aromatic heterocycles. The van der Waals surface area contributed by atoms with Gasteiger partial charge in [0.25, 0.3) is 0 Å². The lowest BCUT2D eigenvalue weighted by Gasteiger charge is -2.10. The van der Waals surface area contributed by atoms with Crippen molar-refractivity contribution in [2.24, 2.45) is 5.92 Å². The van der Waals surface area contributed by atoms with E-state index in [1.165, 1.54) is 25.1 Å². The van der Waals surface area contributed by atoms with Gasteiger partial charge in [0.2, 0.25) is 10.0 Å². The number of nitrogens with one attached hydrogen (secondary N) is 2. The first-order valence-electron chi connectivity index (χ1n) is 8.52. The molecule has 150 valence electrons. The number of ketones is 1. The molecule has 1 atom stereocenters. The van der Waals surface area contributed by atoms with Crippen LogP contribution in [0.3, 0.4) is 0 Å². The number of sulfonamides is 1. The minimum atomic E-state index is -3.87. The standard InChI is InChI=1S/C20H19N3O5S/c1-14(22)18(11-21)19(24)13-28-20(25)16-8-5-9-17(10-16)29(26,27)23-12-15-6-3-2-4-7-15/h2-10,18,22-23H,12-13H2,1H3. The van der Waals surface area contributed by atoms with E-state index in [1.54, 1.807) is 30.3 Å². The minimum Gasteiger partial charge on any atom is -0.454 e. The van der Waals surface area contributed by atoms with E-state index in [0.29, 0.717) is 0 Å². The number of esters is 1. The maximum Gasteiger partial charge on any atom is 0.338 e. The monoisotopic (exact) mass is 413 g/mol. The number of hydrogen-bond acceptors (Lipinski definition) is 7. The molecule has 1 unspecified atom stereocenters. The van der Waals surface area contributed by atoms with Crippen molar-refractivity contribution >= 4 is 27.5 Å². The fraction of sp³-hybridized carbons (Fsp3) is 0.200. The Hall–Kier alpha value is -3.35. The zero-order chi connectivity index (χ0) is 21.4. The van der Waals surface area contributed by atoms with Crippen molar-refractivity contribution in [2.45, 2.75) is 18.4 Å². The normalized spacial score (nSPS) is 11.9. The van der Waals surface area contributed by atoms with E-state index < -0.39 is 34.3 Å². The first-order chi connectivity index (χ1) is 13.7.